The van der Waals surface area contributed by atoms with Crippen molar-refractivity contribution in [2.75, 3.05) is 36.4 Å². The van der Waals surface area contributed by atoms with Crippen LogP contribution in [0.4, 0.5) is 11.4 Å². The van der Waals surface area contributed by atoms with Crippen molar-refractivity contribution in [2.24, 2.45) is 0 Å². The maximum Gasteiger partial charge on any atom is 0.253 e. The first-order valence-corrected chi connectivity index (χ1v) is 9.59. The zero-order valence-electron chi connectivity index (χ0n) is 16.1. The number of nitrogens with one attached hydrogen (secondary N) is 1. The fraction of sp³-hybridized carbons (Fsp3) is 0.364. The van der Waals surface area contributed by atoms with Crippen molar-refractivity contribution < 1.29 is 9.59 Å². The van der Waals surface area contributed by atoms with Gasteiger partial charge in [0, 0.05) is 36.6 Å². The topological polar surface area (TPSA) is 52.7 Å². The highest BCUT2D eigenvalue weighted by atomic mass is 16.2. The lowest BCUT2D eigenvalue weighted by molar-refractivity contribution is -0.116. The summed E-state index contributed by atoms with van der Waals surface area (Å²) in [7, 11) is 0. The van der Waals surface area contributed by atoms with Crippen LogP contribution >= 0.6 is 0 Å². The van der Waals surface area contributed by atoms with E-state index in [1.54, 1.807) is 4.90 Å². The number of amides is 2. The monoisotopic (exact) mass is 365 g/mol. The standard InChI is InChI=1S/C22H27N3O2/c1-3-25(19-9-5-4-6-10-19)21(26)16-23-20-12-11-18(15-17(20)2)22(27)24-13-7-8-14-24/h4-6,9-12,15,23H,3,7-8,13-14,16H2,1-2H3. The molecule has 0 saturated carbocycles. The van der Waals surface area contributed by atoms with Crippen LogP contribution in [0.3, 0.4) is 0 Å². The molecule has 0 aromatic heterocycles. The van der Waals surface area contributed by atoms with E-state index in [1.165, 1.54) is 0 Å². The van der Waals surface area contributed by atoms with Crippen LogP contribution in [0.1, 0.15) is 35.7 Å². The Bertz CT molecular complexity index is 798. The number of carbonyl (C=O) groups excluding carboxylic acids is 2. The third-order valence-electron chi connectivity index (χ3n) is 4.98. The van der Waals surface area contributed by atoms with E-state index >= 15 is 0 Å². The predicted octanol–water partition coefficient (Wildman–Crippen LogP) is 3.70. The van der Waals surface area contributed by atoms with Gasteiger partial charge in [0.1, 0.15) is 0 Å². The molecule has 2 aromatic carbocycles. The summed E-state index contributed by atoms with van der Waals surface area (Å²) in [5, 5.41) is 3.22. The van der Waals surface area contributed by atoms with E-state index < -0.39 is 0 Å². The molecule has 1 heterocycles. The Morgan fingerprint density at radius 1 is 1.07 bits per heavy atom. The van der Waals surface area contributed by atoms with E-state index in [9.17, 15) is 9.59 Å². The van der Waals surface area contributed by atoms with Crippen molar-refractivity contribution in [2.45, 2.75) is 26.7 Å². The molecule has 0 aliphatic carbocycles. The maximum atomic E-state index is 12.6. The minimum Gasteiger partial charge on any atom is -0.376 e. The second-order valence-corrected chi connectivity index (χ2v) is 6.86. The number of rotatable bonds is 6. The highest BCUT2D eigenvalue weighted by Crippen LogP contribution is 2.20. The highest BCUT2D eigenvalue weighted by Gasteiger charge is 2.20. The summed E-state index contributed by atoms with van der Waals surface area (Å²) in [6.07, 6.45) is 2.17. The molecule has 0 bridgehead atoms. The number of hydrogen-bond donors (Lipinski definition) is 1. The molecule has 1 saturated heterocycles. The maximum absolute atomic E-state index is 12.6. The van der Waals surface area contributed by atoms with E-state index in [-0.39, 0.29) is 18.4 Å². The SMILES string of the molecule is CCN(C(=O)CNc1ccc(C(=O)N2CCCC2)cc1C)c1ccccc1. The van der Waals surface area contributed by atoms with Crippen LogP contribution in [-0.2, 0) is 4.79 Å². The Balaban J connectivity index is 1.63. The van der Waals surface area contributed by atoms with Crippen molar-refractivity contribution in [3.8, 4) is 0 Å². The minimum absolute atomic E-state index is 0.0142. The number of hydrogen-bond acceptors (Lipinski definition) is 3. The quantitative estimate of drug-likeness (QED) is 0.849. The van der Waals surface area contributed by atoms with Gasteiger partial charge >= 0.3 is 0 Å². The van der Waals surface area contributed by atoms with Crippen molar-refractivity contribution >= 4 is 23.2 Å². The molecule has 27 heavy (non-hydrogen) atoms. The van der Waals surface area contributed by atoms with Gasteiger partial charge in [0.05, 0.1) is 6.54 Å². The third kappa shape index (κ3) is 4.48. The predicted molar refractivity (Wildman–Crippen MR) is 109 cm³/mol. The van der Waals surface area contributed by atoms with Gasteiger partial charge in [-0.2, -0.15) is 0 Å². The van der Waals surface area contributed by atoms with Gasteiger partial charge in [-0.3, -0.25) is 9.59 Å². The lowest BCUT2D eigenvalue weighted by atomic mass is 10.1. The molecular formula is C22H27N3O2. The number of carbonyl (C=O) groups is 2. The number of benzene rings is 2. The number of likely N-dealkylation sites (N-methyl/N-ethyl adjacent to an activating group) is 1. The molecule has 2 aromatic rings. The van der Waals surface area contributed by atoms with Gasteiger partial charge in [0.2, 0.25) is 5.91 Å². The van der Waals surface area contributed by atoms with Gasteiger partial charge in [-0.05, 0) is 62.6 Å². The molecule has 3 rings (SSSR count). The second kappa shape index (κ2) is 8.71. The summed E-state index contributed by atoms with van der Waals surface area (Å²) < 4.78 is 0. The summed E-state index contributed by atoms with van der Waals surface area (Å²) in [6.45, 7) is 6.45. The largest absolute Gasteiger partial charge is 0.376 e. The number of nitrogens with zero attached hydrogens (tertiary/aromatic N) is 2. The molecule has 5 nitrogen and oxygen atoms in total. The van der Waals surface area contributed by atoms with Crippen molar-refractivity contribution in [3.63, 3.8) is 0 Å². The Morgan fingerprint density at radius 3 is 2.41 bits per heavy atom. The first kappa shape index (κ1) is 19.0. The Kier molecular flexibility index (Phi) is 6.12. The van der Waals surface area contributed by atoms with Crippen LogP contribution in [0.2, 0.25) is 0 Å². The van der Waals surface area contributed by atoms with Gasteiger partial charge in [-0.25, -0.2) is 0 Å². The lowest BCUT2D eigenvalue weighted by Crippen LogP contribution is -2.35. The van der Waals surface area contributed by atoms with Gasteiger partial charge in [0.15, 0.2) is 0 Å². The molecule has 1 N–H and O–H groups in total. The van der Waals surface area contributed by atoms with E-state index in [4.69, 9.17) is 0 Å². The molecule has 1 aliphatic rings. The molecule has 0 unspecified atom stereocenters. The molecule has 0 radical (unpaired) electrons. The number of likely N-dealkylation sites (tertiary alicyclic amines) is 1. The van der Waals surface area contributed by atoms with E-state index in [0.29, 0.717) is 12.1 Å². The first-order valence-electron chi connectivity index (χ1n) is 9.59. The van der Waals surface area contributed by atoms with Crippen LogP contribution < -0.4 is 10.2 Å². The zero-order chi connectivity index (χ0) is 19.2. The number of anilines is 2. The Morgan fingerprint density at radius 2 is 1.78 bits per heavy atom. The molecule has 1 fully saturated rings. The Hall–Kier alpha value is -2.82. The van der Waals surface area contributed by atoms with Crippen molar-refractivity contribution in [1.82, 2.24) is 4.90 Å². The van der Waals surface area contributed by atoms with Crippen LogP contribution in [-0.4, -0.2) is 42.9 Å². The molecule has 0 atom stereocenters. The first-order chi connectivity index (χ1) is 13.1. The molecule has 2 amide bonds. The van der Waals surface area contributed by atoms with Crippen LogP contribution in [0.15, 0.2) is 48.5 Å². The van der Waals surface area contributed by atoms with Crippen LogP contribution in [0, 0.1) is 6.92 Å². The van der Waals surface area contributed by atoms with Gasteiger partial charge in [0.25, 0.3) is 5.91 Å². The molecule has 5 heteroatoms. The van der Waals surface area contributed by atoms with E-state index in [2.05, 4.69) is 5.32 Å². The summed E-state index contributed by atoms with van der Waals surface area (Å²) in [5.74, 6) is 0.111. The molecule has 0 spiro atoms. The van der Waals surface area contributed by atoms with Crippen LogP contribution in [0.25, 0.3) is 0 Å². The van der Waals surface area contributed by atoms with Crippen molar-refractivity contribution in [1.29, 1.82) is 0 Å². The molecule has 142 valence electrons. The van der Waals surface area contributed by atoms with E-state index in [1.807, 2.05) is 67.3 Å². The lowest BCUT2D eigenvalue weighted by Gasteiger charge is -2.22. The number of aryl methyl sites for hydroxylation is 1. The normalized spacial score (nSPS) is 13.5. The zero-order valence-corrected chi connectivity index (χ0v) is 16.1. The smallest absolute Gasteiger partial charge is 0.253 e. The third-order valence-corrected chi connectivity index (χ3v) is 4.98. The average molecular weight is 365 g/mol. The minimum atomic E-state index is 0.0142. The summed E-state index contributed by atoms with van der Waals surface area (Å²) >= 11 is 0. The number of para-hydroxylation sites is 1. The van der Waals surface area contributed by atoms with Gasteiger partial charge in [-0.1, -0.05) is 18.2 Å². The summed E-state index contributed by atoms with van der Waals surface area (Å²) in [5.41, 5.74) is 3.46. The van der Waals surface area contributed by atoms with Crippen molar-refractivity contribution in [3.05, 3.63) is 59.7 Å². The Labute approximate surface area is 161 Å². The fourth-order valence-electron chi connectivity index (χ4n) is 3.47. The van der Waals surface area contributed by atoms with E-state index in [0.717, 1.165) is 42.9 Å². The highest BCUT2D eigenvalue weighted by molar-refractivity contribution is 5.97. The van der Waals surface area contributed by atoms with Gasteiger partial charge < -0.3 is 15.1 Å². The fourth-order valence-corrected chi connectivity index (χ4v) is 3.47. The summed E-state index contributed by atoms with van der Waals surface area (Å²) in [6, 6.07) is 15.3. The summed E-state index contributed by atoms with van der Waals surface area (Å²) in [4.78, 5) is 28.8. The molecular weight excluding hydrogens is 338 g/mol. The van der Waals surface area contributed by atoms with Gasteiger partial charge in [-0.15, -0.1) is 0 Å². The van der Waals surface area contributed by atoms with Crippen LogP contribution in [0.5, 0.6) is 0 Å². The second-order valence-electron chi connectivity index (χ2n) is 6.86. The average Bonchev–Trinajstić information content (AvgIpc) is 3.22. The molecule has 1 aliphatic heterocycles.